The number of rotatable bonds is 5. The van der Waals surface area contributed by atoms with Gasteiger partial charge in [-0.1, -0.05) is 0 Å². The highest BCUT2D eigenvalue weighted by Gasteiger charge is 2.16. The molecule has 2 N–H and O–H groups in total. The van der Waals surface area contributed by atoms with Crippen LogP contribution < -0.4 is 10.0 Å². The van der Waals surface area contributed by atoms with Crippen LogP contribution in [0.2, 0.25) is 0 Å². The van der Waals surface area contributed by atoms with Crippen LogP contribution in [0, 0.1) is 0 Å². The first kappa shape index (κ1) is 16.1. The number of benzene rings is 1. The molecule has 0 aliphatic heterocycles. The van der Waals surface area contributed by atoms with Gasteiger partial charge in [0, 0.05) is 29.7 Å². The quantitative estimate of drug-likeness (QED) is 0.882. The Kier molecular flexibility index (Phi) is 4.89. The molecule has 0 fully saturated rings. The number of anilines is 1. The molecule has 0 spiro atoms. The first-order valence-electron chi connectivity index (χ1n) is 6.72. The van der Waals surface area contributed by atoms with Gasteiger partial charge >= 0.3 is 0 Å². The number of carbonyl (C=O) groups excluding carboxylic acids is 1. The predicted octanol–water partition coefficient (Wildman–Crippen LogP) is 2.02. The van der Waals surface area contributed by atoms with Gasteiger partial charge in [0.05, 0.1) is 4.90 Å². The fourth-order valence-corrected chi connectivity index (χ4v) is 3.05. The van der Waals surface area contributed by atoms with Gasteiger partial charge in [-0.15, -0.1) is 0 Å². The lowest BCUT2D eigenvalue weighted by Gasteiger charge is -2.10. The van der Waals surface area contributed by atoms with Crippen LogP contribution in [0.3, 0.4) is 0 Å². The summed E-state index contributed by atoms with van der Waals surface area (Å²) >= 11 is 0. The number of nitrogens with one attached hydrogen (secondary N) is 2. The largest absolute Gasteiger partial charge is 0.322 e. The fraction of sp³-hybridized carbons (Fsp3) is 0.200. The molecule has 2 aromatic rings. The molecule has 6 nitrogen and oxygen atoms in total. The van der Waals surface area contributed by atoms with E-state index in [1.807, 2.05) is 0 Å². The number of hydrogen-bond acceptors (Lipinski definition) is 4. The van der Waals surface area contributed by atoms with Crippen molar-refractivity contribution in [1.82, 2.24) is 9.71 Å². The number of sulfonamides is 1. The van der Waals surface area contributed by atoms with E-state index in [-0.39, 0.29) is 16.8 Å². The van der Waals surface area contributed by atoms with Gasteiger partial charge in [-0.05, 0) is 50.2 Å². The molecule has 1 aromatic heterocycles. The molecule has 2 rings (SSSR count). The summed E-state index contributed by atoms with van der Waals surface area (Å²) in [5.41, 5.74) is 0.999. The maximum atomic E-state index is 12.1. The van der Waals surface area contributed by atoms with Gasteiger partial charge in [0.1, 0.15) is 0 Å². The summed E-state index contributed by atoms with van der Waals surface area (Å²) in [4.78, 5) is 16.0. The highest BCUT2D eigenvalue weighted by Crippen LogP contribution is 2.13. The first-order chi connectivity index (χ1) is 10.4. The Morgan fingerprint density at radius 2 is 1.64 bits per heavy atom. The molecule has 0 saturated carbocycles. The molecule has 0 saturated heterocycles. The molecular formula is C15H17N3O3S. The number of pyridine rings is 1. The zero-order valence-corrected chi connectivity index (χ0v) is 13.1. The van der Waals surface area contributed by atoms with Crippen LogP contribution in [-0.2, 0) is 10.0 Å². The summed E-state index contributed by atoms with van der Waals surface area (Å²) in [5, 5.41) is 2.70. The van der Waals surface area contributed by atoms with E-state index in [0.29, 0.717) is 11.3 Å². The second-order valence-electron chi connectivity index (χ2n) is 4.99. The van der Waals surface area contributed by atoms with Crippen molar-refractivity contribution < 1.29 is 13.2 Å². The van der Waals surface area contributed by atoms with Crippen molar-refractivity contribution >= 4 is 21.6 Å². The Labute approximate surface area is 129 Å². The van der Waals surface area contributed by atoms with Crippen LogP contribution in [0.15, 0.2) is 53.7 Å². The smallest absolute Gasteiger partial charge is 0.255 e. The summed E-state index contributed by atoms with van der Waals surface area (Å²) in [6.07, 6.45) is 3.14. The molecule has 0 radical (unpaired) electrons. The first-order valence-corrected chi connectivity index (χ1v) is 8.20. The second kappa shape index (κ2) is 6.67. The van der Waals surface area contributed by atoms with Crippen LogP contribution in [0.4, 0.5) is 5.69 Å². The average molecular weight is 319 g/mol. The van der Waals surface area contributed by atoms with Crippen LogP contribution in [-0.4, -0.2) is 25.4 Å². The maximum absolute atomic E-state index is 12.1. The van der Waals surface area contributed by atoms with Crippen molar-refractivity contribution in [1.29, 1.82) is 0 Å². The van der Waals surface area contributed by atoms with Gasteiger partial charge in [-0.25, -0.2) is 13.1 Å². The lowest BCUT2D eigenvalue weighted by Crippen LogP contribution is -2.30. The number of aromatic nitrogens is 1. The van der Waals surface area contributed by atoms with E-state index in [4.69, 9.17) is 0 Å². The third kappa shape index (κ3) is 4.12. The van der Waals surface area contributed by atoms with E-state index in [9.17, 15) is 13.2 Å². The monoisotopic (exact) mass is 319 g/mol. The third-order valence-electron chi connectivity index (χ3n) is 2.76. The van der Waals surface area contributed by atoms with Gasteiger partial charge in [0.2, 0.25) is 10.0 Å². The van der Waals surface area contributed by atoms with E-state index < -0.39 is 10.0 Å². The molecule has 0 aliphatic carbocycles. The highest BCUT2D eigenvalue weighted by atomic mass is 32.2. The van der Waals surface area contributed by atoms with E-state index >= 15 is 0 Å². The van der Waals surface area contributed by atoms with Crippen molar-refractivity contribution in [3.63, 3.8) is 0 Å². The van der Waals surface area contributed by atoms with Crippen LogP contribution >= 0.6 is 0 Å². The standard InChI is InChI=1S/C15H17N3O3S/c1-11(2)18-22(20,21)14-5-3-12(4-6-14)15(19)17-13-7-9-16-10-8-13/h3-11,18H,1-2H3,(H,16,17,19). The SMILES string of the molecule is CC(C)NS(=O)(=O)c1ccc(C(=O)Nc2ccncc2)cc1. The molecule has 0 bridgehead atoms. The Balaban J connectivity index is 2.13. The van der Waals surface area contributed by atoms with Crippen molar-refractivity contribution in [2.45, 2.75) is 24.8 Å². The topological polar surface area (TPSA) is 88.2 Å². The zero-order valence-electron chi connectivity index (χ0n) is 12.3. The Morgan fingerprint density at radius 1 is 1.05 bits per heavy atom. The lowest BCUT2D eigenvalue weighted by molar-refractivity contribution is 0.102. The van der Waals surface area contributed by atoms with E-state index in [1.54, 1.807) is 38.4 Å². The number of amides is 1. The van der Waals surface area contributed by atoms with Crippen LogP contribution in [0.1, 0.15) is 24.2 Å². The molecular weight excluding hydrogens is 302 g/mol. The third-order valence-corrected chi connectivity index (χ3v) is 4.43. The van der Waals surface area contributed by atoms with Gasteiger partial charge in [0.15, 0.2) is 0 Å². The van der Waals surface area contributed by atoms with Gasteiger partial charge in [-0.3, -0.25) is 9.78 Å². The minimum Gasteiger partial charge on any atom is -0.322 e. The lowest BCUT2D eigenvalue weighted by atomic mass is 10.2. The summed E-state index contributed by atoms with van der Waals surface area (Å²) in [7, 11) is -3.55. The Hall–Kier alpha value is -2.25. The molecule has 1 aromatic carbocycles. The van der Waals surface area contributed by atoms with Crippen molar-refractivity contribution in [3.05, 3.63) is 54.4 Å². The molecule has 116 valence electrons. The molecule has 0 aliphatic rings. The average Bonchev–Trinajstić information content (AvgIpc) is 2.47. The zero-order chi connectivity index (χ0) is 16.2. The van der Waals surface area contributed by atoms with Crippen LogP contribution in [0.25, 0.3) is 0 Å². The van der Waals surface area contributed by atoms with Crippen molar-refractivity contribution in [3.8, 4) is 0 Å². The molecule has 22 heavy (non-hydrogen) atoms. The maximum Gasteiger partial charge on any atom is 0.255 e. The van der Waals surface area contributed by atoms with Crippen LogP contribution in [0.5, 0.6) is 0 Å². The van der Waals surface area contributed by atoms with E-state index in [0.717, 1.165) is 0 Å². The van der Waals surface area contributed by atoms with Gasteiger partial charge in [0.25, 0.3) is 5.91 Å². The number of hydrogen-bond donors (Lipinski definition) is 2. The molecule has 1 heterocycles. The molecule has 7 heteroatoms. The molecule has 0 atom stereocenters. The summed E-state index contributed by atoms with van der Waals surface area (Å²) in [6, 6.07) is 8.92. The number of carbonyl (C=O) groups is 1. The van der Waals surface area contributed by atoms with E-state index in [2.05, 4.69) is 15.0 Å². The number of nitrogens with zero attached hydrogens (tertiary/aromatic N) is 1. The van der Waals surface area contributed by atoms with Gasteiger partial charge < -0.3 is 5.32 Å². The van der Waals surface area contributed by atoms with Gasteiger partial charge in [-0.2, -0.15) is 0 Å². The summed E-state index contributed by atoms with van der Waals surface area (Å²) < 4.78 is 26.5. The van der Waals surface area contributed by atoms with Crippen molar-refractivity contribution in [2.24, 2.45) is 0 Å². The summed E-state index contributed by atoms with van der Waals surface area (Å²) in [6.45, 7) is 3.49. The fourth-order valence-electron chi connectivity index (χ4n) is 1.80. The summed E-state index contributed by atoms with van der Waals surface area (Å²) in [5.74, 6) is -0.313. The minimum atomic E-state index is -3.55. The van der Waals surface area contributed by atoms with Crippen molar-refractivity contribution in [2.75, 3.05) is 5.32 Å². The molecule has 1 amide bonds. The molecule has 0 unspecified atom stereocenters. The second-order valence-corrected chi connectivity index (χ2v) is 6.70. The minimum absolute atomic E-state index is 0.127. The highest BCUT2D eigenvalue weighted by molar-refractivity contribution is 7.89. The Morgan fingerprint density at radius 3 is 2.18 bits per heavy atom. The normalized spacial score (nSPS) is 11.4. The Bertz CT molecular complexity index is 741. The van der Waals surface area contributed by atoms with E-state index in [1.165, 1.54) is 24.3 Å². The predicted molar refractivity (Wildman–Crippen MR) is 84.1 cm³/mol.